The molecule has 0 radical (unpaired) electrons. The van der Waals surface area contributed by atoms with Crippen molar-refractivity contribution in [3.63, 3.8) is 0 Å². The van der Waals surface area contributed by atoms with Gasteiger partial charge in [0.05, 0.1) is 17.2 Å². The largest absolute Gasteiger partial charge is 0.377 e. The molecule has 0 bridgehead atoms. The molecule has 122 valence electrons. The highest BCUT2D eigenvalue weighted by molar-refractivity contribution is 7.98. The van der Waals surface area contributed by atoms with Crippen molar-refractivity contribution in [2.45, 2.75) is 17.9 Å². The van der Waals surface area contributed by atoms with Crippen molar-refractivity contribution in [1.29, 1.82) is 0 Å². The molecule has 0 spiro atoms. The first-order valence-corrected chi connectivity index (χ1v) is 9.04. The summed E-state index contributed by atoms with van der Waals surface area (Å²) in [6.45, 7) is 1.76. The zero-order chi connectivity index (χ0) is 16.5. The maximum Gasteiger partial charge on any atom is 0.252 e. The smallest absolute Gasteiger partial charge is 0.252 e. The number of thioether (sulfide) groups is 1. The zero-order valence-corrected chi connectivity index (χ0v) is 14.6. The van der Waals surface area contributed by atoms with E-state index in [0.717, 1.165) is 16.9 Å². The molecule has 2 aromatic rings. The molecule has 0 saturated carbocycles. The number of ether oxygens (including phenoxy) is 1. The number of hydrogen-bond donors (Lipinski definition) is 1. The van der Waals surface area contributed by atoms with E-state index in [1.54, 1.807) is 17.8 Å². The second-order valence-corrected chi connectivity index (χ2v) is 6.28. The molecule has 23 heavy (non-hydrogen) atoms. The van der Waals surface area contributed by atoms with Gasteiger partial charge in [-0.1, -0.05) is 41.9 Å². The predicted molar refractivity (Wildman–Crippen MR) is 96.3 cm³/mol. The van der Waals surface area contributed by atoms with E-state index >= 15 is 0 Å². The molecule has 0 unspecified atom stereocenters. The van der Waals surface area contributed by atoms with Crippen molar-refractivity contribution in [3.05, 3.63) is 64.7 Å². The molecule has 0 aliphatic heterocycles. The molecule has 0 fully saturated rings. The van der Waals surface area contributed by atoms with Gasteiger partial charge >= 0.3 is 0 Å². The van der Waals surface area contributed by atoms with Gasteiger partial charge < -0.3 is 10.1 Å². The Labute approximate surface area is 146 Å². The molecule has 0 heterocycles. The van der Waals surface area contributed by atoms with Crippen LogP contribution in [0.2, 0.25) is 5.02 Å². The van der Waals surface area contributed by atoms with Gasteiger partial charge in [-0.15, -0.1) is 11.8 Å². The van der Waals surface area contributed by atoms with E-state index in [1.165, 1.54) is 0 Å². The van der Waals surface area contributed by atoms with Gasteiger partial charge in [0, 0.05) is 18.0 Å². The van der Waals surface area contributed by atoms with Crippen molar-refractivity contribution in [2.24, 2.45) is 0 Å². The lowest BCUT2D eigenvalue weighted by Crippen LogP contribution is -2.25. The lowest BCUT2D eigenvalue weighted by molar-refractivity contribution is 0.0934. The summed E-state index contributed by atoms with van der Waals surface area (Å²) in [5.41, 5.74) is 1.67. The van der Waals surface area contributed by atoms with E-state index in [2.05, 4.69) is 5.32 Å². The Balaban J connectivity index is 1.69. The van der Waals surface area contributed by atoms with E-state index in [4.69, 9.17) is 16.3 Å². The summed E-state index contributed by atoms with van der Waals surface area (Å²) < 4.78 is 5.59. The fourth-order valence-corrected chi connectivity index (χ4v) is 2.68. The lowest BCUT2D eigenvalue weighted by atomic mass is 10.2. The minimum absolute atomic E-state index is 0.144. The van der Waals surface area contributed by atoms with Crippen LogP contribution in [0.15, 0.2) is 53.4 Å². The Bertz CT molecular complexity index is 634. The summed E-state index contributed by atoms with van der Waals surface area (Å²) in [7, 11) is 0. The molecule has 0 atom stereocenters. The second kappa shape index (κ2) is 9.60. The fraction of sp³-hybridized carbons (Fsp3) is 0.278. The van der Waals surface area contributed by atoms with Crippen molar-refractivity contribution in [2.75, 3.05) is 19.4 Å². The average molecular weight is 350 g/mol. The first kappa shape index (κ1) is 17.9. The number of rotatable bonds is 8. The Morgan fingerprint density at radius 2 is 2.00 bits per heavy atom. The van der Waals surface area contributed by atoms with Gasteiger partial charge in [0.25, 0.3) is 5.91 Å². The SMILES string of the molecule is CSc1ccc(Cl)c(C(=O)NCCCOCc2ccccc2)c1. The maximum atomic E-state index is 12.1. The minimum atomic E-state index is -0.144. The highest BCUT2D eigenvalue weighted by Gasteiger charge is 2.10. The first-order chi connectivity index (χ1) is 11.2. The third kappa shape index (κ3) is 5.90. The van der Waals surface area contributed by atoms with E-state index < -0.39 is 0 Å². The van der Waals surface area contributed by atoms with Crippen LogP contribution in [-0.4, -0.2) is 25.3 Å². The Kier molecular flexibility index (Phi) is 7.46. The predicted octanol–water partition coefficient (Wildman–Crippen LogP) is 4.40. The van der Waals surface area contributed by atoms with Crippen LogP contribution in [0.1, 0.15) is 22.3 Å². The third-order valence-electron chi connectivity index (χ3n) is 3.28. The van der Waals surface area contributed by atoms with Gasteiger partial charge in [-0.25, -0.2) is 0 Å². The summed E-state index contributed by atoms with van der Waals surface area (Å²) in [5, 5.41) is 3.35. The summed E-state index contributed by atoms with van der Waals surface area (Å²) >= 11 is 7.67. The number of halogens is 1. The van der Waals surface area contributed by atoms with Gasteiger partial charge in [-0.3, -0.25) is 4.79 Å². The highest BCUT2D eigenvalue weighted by Crippen LogP contribution is 2.22. The summed E-state index contributed by atoms with van der Waals surface area (Å²) in [6, 6.07) is 15.5. The second-order valence-electron chi connectivity index (χ2n) is 4.99. The number of benzene rings is 2. The average Bonchev–Trinajstić information content (AvgIpc) is 2.59. The highest BCUT2D eigenvalue weighted by atomic mass is 35.5. The third-order valence-corrected chi connectivity index (χ3v) is 4.34. The van der Waals surface area contributed by atoms with E-state index in [1.807, 2.05) is 48.7 Å². The molecular weight excluding hydrogens is 330 g/mol. The molecule has 2 rings (SSSR count). The van der Waals surface area contributed by atoms with Crippen molar-refractivity contribution < 1.29 is 9.53 Å². The molecule has 1 N–H and O–H groups in total. The number of hydrogen-bond acceptors (Lipinski definition) is 3. The molecule has 0 aromatic heterocycles. The number of carbonyl (C=O) groups excluding carboxylic acids is 1. The van der Waals surface area contributed by atoms with Crippen LogP contribution in [0.5, 0.6) is 0 Å². The molecule has 3 nitrogen and oxygen atoms in total. The van der Waals surface area contributed by atoms with Crippen molar-refractivity contribution in [1.82, 2.24) is 5.32 Å². The van der Waals surface area contributed by atoms with Crippen LogP contribution < -0.4 is 5.32 Å². The zero-order valence-electron chi connectivity index (χ0n) is 13.0. The van der Waals surface area contributed by atoms with Gasteiger partial charge in [0.15, 0.2) is 0 Å². The topological polar surface area (TPSA) is 38.3 Å². The Morgan fingerprint density at radius 1 is 1.22 bits per heavy atom. The molecule has 0 saturated heterocycles. The molecule has 0 aliphatic carbocycles. The van der Waals surface area contributed by atoms with Crippen LogP contribution in [0.25, 0.3) is 0 Å². The molecule has 5 heteroatoms. The van der Waals surface area contributed by atoms with E-state index in [9.17, 15) is 4.79 Å². The van der Waals surface area contributed by atoms with Gasteiger partial charge in [-0.2, -0.15) is 0 Å². The Hall–Kier alpha value is -1.49. The van der Waals surface area contributed by atoms with Gasteiger partial charge in [0.2, 0.25) is 0 Å². The van der Waals surface area contributed by atoms with E-state index in [0.29, 0.717) is 30.3 Å². The molecule has 0 aliphatic rings. The van der Waals surface area contributed by atoms with Gasteiger partial charge in [0.1, 0.15) is 0 Å². The standard InChI is InChI=1S/C18H20ClNO2S/c1-23-15-8-9-17(19)16(12-15)18(21)20-10-5-11-22-13-14-6-3-2-4-7-14/h2-4,6-9,12H,5,10-11,13H2,1H3,(H,20,21). The van der Waals surface area contributed by atoms with Crippen molar-refractivity contribution in [3.8, 4) is 0 Å². The molecular formula is C18H20ClNO2S. The van der Waals surface area contributed by atoms with Gasteiger partial charge in [-0.05, 0) is 36.4 Å². The molecule has 2 aromatic carbocycles. The van der Waals surface area contributed by atoms with Crippen LogP contribution in [0.3, 0.4) is 0 Å². The normalized spacial score (nSPS) is 10.5. The maximum absolute atomic E-state index is 12.1. The summed E-state index contributed by atoms with van der Waals surface area (Å²) in [5.74, 6) is -0.144. The Morgan fingerprint density at radius 3 is 2.74 bits per heavy atom. The monoisotopic (exact) mass is 349 g/mol. The quantitative estimate of drug-likeness (QED) is 0.567. The number of nitrogens with one attached hydrogen (secondary N) is 1. The fourth-order valence-electron chi connectivity index (χ4n) is 2.04. The summed E-state index contributed by atoms with van der Waals surface area (Å²) in [4.78, 5) is 13.2. The lowest BCUT2D eigenvalue weighted by Gasteiger charge is -2.08. The summed E-state index contributed by atoms with van der Waals surface area (Å²) in [6.07, 6.45) is 2.73. The first-order valence-electron chi connectivity index (χ1n) is 7.44. The van der Waals surface area contributed by atoms with Crippen LogP contribution in [0, 0.1) is 0 Å². The van der Waals surface area contributed by atoms with Crippen LogP contribution in [-0.2, 0) is 11.3 Å². The van der Waals surface area contributed by atoms with Crippen molar-refractivity contribution >= 4 is 29.3 Å². The number of carbonyl (C=O) groups is 1. The van der Waals surface area contributed by atoms with Crippen LogP contribution in [0.4, 0.5) is 0 Å². The van der Waals surface area contributed by atoms with E-state index in [-0.39, 0.29) is 5.91 Å². The molecule has 1 amide bonds. The minimum Gasteiger partial charge on any atom is -0.377 e. The van der Waals surface area contributed by atoms with Crippen LogP contribution >= 0.6 is 23.4 Å². The number of amides is 1.